The highest BCUT2D eigenvalue weighted by Gasteiger charge is 2.38. The van der Waals surface area contributed by atoms with Gasteiger partial charge in [-0.25, -0.2) is 0 Å². The van der Waals surface area contributed by atoms with Crippen LogP contribution in [0.25, 0.3) is 0 Å². The lowest BCUT2D eigenvalue weighted by molar-refractivity contribution is 0.265. The Labute approximate surface area is 176 Å². The summed E-state index contributed by atoms with van der Waals surface area (Å²) in [5.74, 6) is 3.05. The zero-order chi connectivity index (χ0) is 17.8. The minimum atomic E-state index is 0. The van der Waals surface area contributed by atoms with E-state index in [2.05, 4.69) is 73.6 Å². The highest BCUT2D eigenvalue weighted by atomic mass is 127. The van der Waals surface area contributed by atoms with Gasteiger partial charge in [-0.1, -0.05) is 37.3 Å². The number of nitrogens with zero attached hydrogens (tertiary/aromatic N) is 2. The molecule has 1 aromatic rings. The van der Waals surface area contributed by atoms with Crippen molar-refractivity contribution in [3.63, 3.8) is 0 Å². The topological polar surface area (TPSA) is 39.7 Å². The van der Waals surface area contributed by atoms with Crippen LogP contribution in [0.4, 0.5) is 0 Å². The van der Waals surface area contributed by atoms with E-state index in [4.69, 9.17) is 4.99 Å². The highest BCUT2D eigenvalue weighted by molar-refractivity contribution is 14.0. The van der Waals surface area contributed by atoms with E-state index >= 15 is 0 Å². The SMILES string of the molecule is CCNC(=NCC1CC1c1ccccc1)NC1CN(C(C)C)CC1C.I. The van der Waals surface area contributed by atoms with Crippen molar-refractivity contribution in [1.82, 2.24) is 15.5 Å². The molecule has 2 fully saturated rings. The third-order valence-corrected chi connectivity index (χ3v) is 5.67. The van der Waals surface area contributed by atoms with Gasteiger partial charge in [-0.15, -0.1) is 24.0 Å². The van der Waals surface area contributed by atoms with Crippen LogP contribution in [0, 0.1) is 11.8 Å². The highest BCUT2D eigenvalue weighted by Crippen LogP contribution is 2.47. The summed E-state index contributed by atoms with van der Waals surface area (Å²) < 4.78 is 0. The van der Waals surface area contributed by atoms with Crippen LogP contribution < -0.4 is 10.6 Å². The molecule has 0 bridgehead atoms. The van der Waals surface area contributed by atoms with Crippen molar-refractivity contribution >= 4 is 29.9 Å². The molecule has 0 spiro atoms. The van der Waals surface area contributed by atoms with Gasteiger partial charge in [-0.2, -0.15) is 0 Å². The summed E-state index contributed by atoms with van der Waals surface area (Å²) in [5, 5.41) is 7.12. The number of guanidine groups is 1. The van der Waals surface area contributed by atoms with Crippen LogP contribution in [0.3, 0.4) is 0 Å². The third-order valence-electron chi connectivity index (χ3n) is 5.67. The number of nitrogens with one attached hydrogen (secondary N) is 2. The van der Waals surface area contributed by atoms with Crippen molar-refractivity contribution in [2.24, 2.45) is 16.8 Å². The van der Waals surface area contributed by atoms with Gasteiger partial charge in [0.1, 0.15) is 0 Å². The molecule has 1 aromatic carbocycles. The largest absolute Gasteiger partial charge is 0.357 e. The van der Waals surface area contributed by atoms with Crippen molar-refractivity contribution in [3.8, 4) is 0 Å². The van der Waals surface area contributed by atoms with Crippen molar-refractivity contribution < 1.29 is 0 Å². The van der Waals surface area contributed by atoms with E-state index in [1.165, 1.54) is 18.5 Å². The number of aliphatic imine (C=N–C) groups is 1. The maximum Gasteiger partial charge on any atom is 0.191 e. The molecule has 0 aromatic heterocycles. The van der Waals surface area contributed by atoms with Crippen LogP contribution in [-0.2, 0) is 0 Å². The minimum Gasteiger partial charge on any atom is -0.357 e. The first-order valence-corrected chi connectivity index (χ1v) is 9.92. The van der Waals surface area contributed by atoms with Gasteiger partial charge in [0.25, 0.3) is 0 Å². The van der Waals surface area contributed by atoms with E-state index in [0.717, 1.165) is 25.6 Å². The molecule has 2 N–H and O–H groups in total. The average Bonchev–Trinajstić information content (AvgIpc) is 3.29. The molecule has 3 rings (SSSR count). The lowest BCUT2D eigenvalue weighted by Gasteiger charge is -2.22. The smallest absolute Gasteiger partial charge is 0.191 e. The monoisotopic (exact) mass is 470 g/mol. The normalized spacial score (nSPS) is 28.7. The predicted octanol–water partition coefficient (Wildman–Crippen LogP) is 3.69. The molecule has 1 aliphatic carbocycles. The van der Waals surface area contributed by atoms with E-state index in [-0.39, 0.29) is 24.0 Å². The minimum absolute atomic E-state index is 0. The molecule has 146 valence electrons. The van der Waals surface area contributed by atoms with Crippen LogP contribution in [0.5, 0.6) is 0 Å². The number of likely N-dealkylation sites (tertiary alicyclic amines) is 1. The Bertz CT molecular complexity index is 575. The van der Waals surface area contributed by atoms with Gasteiger partial charge in [0.05, 0.1) is 0 Å². The molecule has 0 radical (unpaired) electrons. The number of hydrogen-bond acceptors (Lipinski definition) is 2. The second-order valence-corrected chi connectivity index (χ2v) is 8.01. The van der Waals surface area contributed by atoms with Crippen molar-refractivity contribution in [1.29, 1.82) is 0 Å². The summed E-state index contributed by atoms with van der Waals surface area (Å²) in [4.78, 5) is 7.45. The molecular formula is C21H35IN4. The summed E-state index contributed by atoms with van der Waals surface area (Å²) in [6.45, 7) is 13.2. The van der Waals surface area contributed by atoms with Crippen LogP contribution in [0.2, 0.25) is 0 Å². The number of rotatable bonds is 6. The van der Waals surface area contributed by atoms with Crippen LogP contribution in [0.1, 0.15) is 45.6 Å². The average molecular weight is 470 g/mol. The molecule has 1 aliphatic heterocycles. The van der Waals surface area contributed by atoms with Crippen LogP contribution in [-0.4, -0.2) is 49.1 Å². The molecular weight excluding hydrogens is 435 g/mol. The molecule has 5 heteroatoms. The van der Waals surface area contributed by atoms with Crippen molar-refractivity contribution in [2.45, 2.75) is 52.1 Å². The lowest BCUT2D eigenvalue weighted by atomic mass is 10.1. The second-order valence-electron chi connectivity index (χ2n) is 8.01. The molecule has 2 aliphatic rings. The molecule has 0 amide bonds. The zero-order valence-electron chi connectivity index (χ0n) is 16.6. The second kappa shape index (κ2) is 9.93. The summed E-state index contributed by atoms with van der Waals surface area (Å²) >= 11 is 0. The summed E-state index contributed by atoms with van der Waals surface area (Å²) in [5.41, 5.74) is 1.47. The lowest BCUT2D eigenvalue weighted by Crippen LogP contribution is -2.47. The van der Waals surface area contributed by atoms with Gasteiger partial charge in [0.2, 0.25) is 0 Å². The molecule has 1 saturated carbocycles. The van der Waals surface area contributed by atoms with E-state index in [0.29, 0.717) is 29.8 Å². The number of benzene rings is 1. The zero-order valence-corrected chi connectivity index (χ0v) is 18.9. The van der Waals surface area contributed by atoms with Gasteiger partial charge in [0, 0.05) is 38.3 Å². The summed E-state index contributed by atoms with van der Waals surface area (Å²) in [6, 6.07) is 12.0. The molecule has 26 heavy (non-hydrogen) atoms. The van der Waals surface area contributed by atoms with Crippen LogP contribution >= 0.6 is 24.0 Å². The maximum absolute atomic E-state index is 4.89. The van der Waals surface area contributed by atoms with E-state index in [1.807, 2.05) is 0 Å². The van der Waals surface area contributed by atoms with E-state index in [1.54, 1.807) is 0 Å². The standard InChI is InChI=1S/C21H34N4.HI/c1-5-22-21(24-20-14-25(15(2)3)13-16(20)4)23-12-18-11-19(18)17-9-7-6-8-10-17;/h6-10,15-16,18-20H,5,11-14H2,1-4H3,(H2,22,23,24);1H. The summed E-state index contributed by atoms with van der Waals surface area (Å²) in [6.07, 6.45) is 1.27. The fourth-order valence-corrected chi connectivity index (χ4v) is 3.88. The van der Waals surface area contributed by atoms with Crippen molar-refractivity contribution in [2.75, 3.05) is 26.2 Å². The molecule has 4 unspecified atom stereocenters. The molecule has 4 nitrogen and oxygen atoms in total. The fourth-order valence-electron chi connectivity index (χ4n) is 3.88. The Kier molecular flexibility index (Phi) is 8.20. The first-order valence-electron chi connectivity index (χ1n) is 9.92. The molecule has 1 saturated heterocycles. The quantitative estimate of drug-likeness (QED) is 0.379. The Morgan fingerprint density at radius 3 is 2.58 bits per heavy atom. The van der Waals surface area contributed by atoms with Gasteiger partial charge in [-0.05, 0) is 50.5 Å². The summed E-state index contributed by atoms with van der Waals surface area (Å²) in [7, 11) is 0. The first kappa shape index (κ1) is 21.5. The Morgan fingerprint density at radius 2 is 1.96 bits per heavy atom. The number of halogens is 1. The van der Waals surface area contributed by atoms with E-state index in [9.17, 15) is 0 Å². The van der Waals surface area contributed by atoms with Gasteiger partial charge < -0.3 is 10.6 Å². The Hall–Kier alpha value is -0.820. The predicted molar refractivity (Wildman–Crippen MR) is 121 cm³/mol. The van der Waals surface area contributed by atoms with Gasteiger partial charge in [0.15, 0.2) is 5.96 Å². The molecule has 4 atom stereocenters. The van der Waals surface area contributed by atoms with Crippen LogP contribution in [0.15, 0.2) is 35.3 Å². The Morgan fingerprint density at radius 1 is 1.23 bits per heavy atom. The maximum atomic E-state index is 4.89. The fraction of sp³-hybridized carbons (Fsp3) is 0.667. The van der Waals surface area contributed by atoms with E-state index < -0.39 is 0 Å². The Balaban J connectivity index is 0.00000243. The first-order chi connectivity index (χ1) is 12.1. The molecule has 1 heterocycles. The van der Waals surface area contributed by atoms with Gasteiger partial charge >= 0.3 is 0 Å². The van der Waals surface area contributed by atoms with Crippen molar-refractivity contribution in [3.05, 3.63) is 35.9 Å². The number of hydrogen-bond donors (Lipinski definition) is 2. The third kappa shape index (κ3) is 5.59. The van der Waals surface area contributed by atoms with Gasteiger partial charge in [-0.3, -0.25) is 9.89 Å².